The van der Waals surface area contributed by atoms with Crippen molar-refractivity contribution in [2.75, 3.05) is 0 Å². The van der Waals surface area contributed by atoms with Crippen molar-refractivity contribution >= 4 is 11.9 Å². The third-order valence-electron chi connectivity index (χ3n) is 2.25. The van der Waals surface area contributed by atoms with Gasteiger partial charge < -0.3 is 16.4 Å². The van der Waals surface area contributed by atoms with Crippen LogP contribution in [0, 0.1) is 13.8 Å². The molecule has 0 aliphatic rings. The molecule has 0 atom stereocenters. The standard InChI is InChI=1S/C10H10O4.H3N/c1-5-6(2)8(10(13)14)4-3-7(5)9(11)12;/h3-4H,1-2H3,(H,11,12)(H,13,14);1H3. The first-order chi connectivity index (χ1) is 6.45. The summed E-state index contributed by atoms with van der Waals surface area (Å²) in [6.45, 7) is 3.20. The van der Waals surface area contributed by atoms with Gasteiger partial charge in [0.25, 0.3) is 0 Å². The molecular formula is C10H13NO4. The van der Waals surface area contributed by atoms with Crippen LogP contribution in [0.5, 0.6) is 0 Å². The van der Waals surface area contributed by atoms with E-state index in [9.17, 15) is 9.59 Å². The van der Waals surface area contributed by atoms with Crippen LogP contribution in [0.3, 0.4) is 0 Å². The minimum absolute atomic E-state index is 0. The Hall–Kier alpha value is -1.88. The van der Waals surface area contributed by atoms with Crippen LogP contribution >= 0.6 is 0 Å². The molecule has 0 amide bonds. The smallest absolute Gasteiger partial charge is 0.335 e. The van der Waals surface area contributed by atoms with E-state index < -0.39 is 11.9 Å². The fourth-order valence-electron chi connectivity index (χ4n) is 1.28. The highest BCUT2D eigenvalue weighted by molar-refractivity contribution is 5.94. The van der Waals surface area contributed by atoms with E-state index >= 15 is 0 Å². The van der Waals surface area contributed by atoms with Crippen LogP contribution in [0.2, 0.25) is 0 Å². The van der Waals surface area contributed by atoms with E-state index in [-0.39, 0.29) is 17.3 Å². The maximum absolute atomic E-state index is 10.7. The molecule has 0 saturated heterocycles. The second kappa shape index (κ2) is 4.56. The number of hydrogen-bond donors (Lipinski definition) is 3. The Labute approximate surface area is 86.9 Å². The van der Waals surface area contributed by atoms with Crippen molar-refractivity contribution in [3.63, 3.8) is 0 Å². The van der Waals surface area contributed by atoms with Gasteiger partial charge in [0.05, 0.1) is 11.1 Å². The molecule has 0 spiro atoms. The van der Waals surface area contributed by atoms with Gasteiger partial charge in [0, 0.05) is 0 Å². The molecule has 0 unspecified atom stereocenters. The molecule has 1 aromatic rings. The predicted molar refractivity (Wildman–Crippen MR) is 54.9 cm³/mol. The lowest BCUT2D eigenvalue weighted by molar-refractivity contribution is 0.0679. The maximum atomic E-state index is 10.7. The monoisotopic (exact) mass is 211 g/mol. The van der Waals surface area contributed by atoms with Crippen molar-refractivity contribution in [3.8, 4) is 0 Å². The molecule has 15 heavy (non-hydrogen) atoms. The zero-order valence-electron chi connectivity index (χ0n) is 8.57. The van der Waals surface area contributed by atoms with Gasteiger partial charge in [0.2, 0.25) is 0 Å². The summed E-state index contributed by atoms with van der Waals surface area (Å²) < 4.78 is 0. The van der Waals surface area contributed by atoms with E-state index in [0.29, 0.717) is 11.1 Å². The van der Waals surface area contributed by atoms with Crippen molar-refractivity contribution in [3.05, 3.63) is 34.4 Å². The lowest BCUT2D eigenvalue weighted by Gasteiger charge is -2.07. The quantitative estimate of drug-likeness (QED) is 0.691. The first-order valence-corrected chi connectivity index (χ1v) is 4.02. The van der Waals surface area contributed by atoms with Gasteiger partial charge in [-0.1, -0.05) is 0 Å². The zero-order valence-corrected chi connectivity index (χ0v) is 8.57. The third-order valence-corrected chi connectivity index (χ3v) is 2.25. The summed E-state index contributed by atoms with van der Waals surface area (Å²) >= 11 is 0. The Bertz CT molecular complexity index is 373. The van der Waals surface area contributed by atoms with Gasteiger partial charge >= 0.3 is 11.9 Å². The van der Waals surface area contributed by atoms with Crippen LogP contribution in [0.15, 0.2) is 12.1 Å². The lowest BCUT2D eigenvalue weighted by Crippen LogP contribution is -2.06. The van der Waals surface area contributed by atoms with Crippen molar-refractivity contribution in [2.45, 2.75) is 13.8 Å². The largest absolute Gasteiger partial charge is 0.478 e. The molecule has 0 aliphatic heterocycles. The summed E-state index contributed by atoms with van der Waals surface area (Å²) in [5.41, 5.74) is 1.29. The lowest BCUT2D eigenvalue weighted by atomic mass is 9.98. The number of hydrogen-bond acceptors (Lipinski definition) is 3. The van der Waals surface area contributed by atoms with Gasteiger partial charge in [0.15, 0.2) is 0 Å². The fraction of sp³-hybridized carbons (Fsp3) is 0.200. The Kier molecular flexibility index (Phi) is 3.99. The second-order valence-corrected chi connectivity index (χ2v) is 3.02. The van der Waals surface area contributed by atoms with Gasteiger partial charge in [-0.25, -0.2) is 9.59 Å². The first kappa shape index (κ1) is 13.1. The molecule has 0 saturated carbocycles. The molecule has 0 aliphatic carbocycles. The SMILES string of the molecule is Cc1c(C(=O)O)ccc(C(=O)O)c1C.N. The zero-order chi connectivity index (χ0) is 10.9. The van der Waals surface area contributed by atoms with Crippen LogP contribution in [-0.2, 0) is 0 Å². The molecule has 0 radical (unpaired) electrons. The molecule has 5 heteroatoms. The summed E-state index contributed by atoms with van der Waals surface area (Å²) in [6, 6.07) is 2.63. The Morgan fingerprint density at radius 2 is 1.20 bits per heavy atom. The predicted octanol–water partition coefficient (Wildman–Crippen LogP) is 1.86. The van der Waals surface area contributed by atoms with Gasteiger partial charge in [-0.05, 0) is 37.1 Å². The van der Waals surface area contributed by atoms with Crippen molar-refractivity contribution in [1.29, 1.82) is 0 Å². The minimum atomic E-state index is -1.04. The van der Waals surface area contributed by atoms with Crippen LogP contribution in [0.4, 0.5) is 0 Å². The van der Waals surface area contributed by atoms with Gasteiger partial charge in [0.1, 0.15) is 0 Å². The van der Waals surface area contributed by atoms with Gasteiger partial charge in [-0.15, -0.1) is 0 Å². The number of benzene rings is 1. The summed E-state index contributed by atoms with van der Waals surface area (Å²) in [7, 11) is 0. The molecule has 0 fully saturated rings. The summed E-state index contributed by atoms with van der Waals surface area (Å²) in [6.07, 6.45) is 0. The van der Waals surface area contributed by atoms with Crippen molar-refractivity contribution in [1.82, 2.24) is 6.15 Å². The van der Waals surface area contributed by atoms with Gasteiger partial charge in [-0.2, -0.15) is 0 Å². The van der Waals surface area contributed by atoms with Crippen molar-refractivity contribution < 1.29 is 19.8 Å². The highest BCUT2D eigenvalue weighted by Crippen LogP contribution is 2.17. The summed E-state index contributed by atoms with van der Waals surface area (Å²) in [5, 5.41) is 17.5. The third kappa shape index (κ3) is 2.32. The normalized spacial score (nSPS) is 9.20. The molecule has 5 N–H and O–H groups in total. The first-order valence-electron chi connectivity index (χ1n) is 4.02. The van der Waals surface area contributed by atoms with E-state index in [1.807, 2.05) is 0 Å². The summed E-state index contributed by atoms with van der Waals surface area (Å²) in [5.74, 6) is -2.08. The molecule has 1 aromatic carbocycles. The van der Waals surface area contributed by atoms with E-state index in [1.165, 1.54) is 12.1 Å². The molecule has 1 rings (SSSR count). The fourth-order valence-corrected chi connectivity index (χ4v) is 1.28. The van der Waals surface area contributed by atoms with Crippen LogP contribution in [-0.4, -0.2) is 22.2 Å². The maximum Gasteiger partial charge on any atom is 0.335 e. The van der Waals surface area contributed by atoms with Gasteiger partial charge in [-0.3, -0.25) is 0 Å². The Balaban J connectivity index is 0.00000196. The summed E-state index contributed by atoms with van der Waals surface area (Å²) in [4.78, 5) is 21.4. The van der Waals surface area contributed by atoms with Crippen molar-refractivity contribution in [2.24, 2.45) is 0 Å². The topological polar surface area (TPSA) is 110 Å². The molecule has 0 aromatic heterocycles. The molecule has 82 valence electrons. The highest BCUT2D eigenvalue weighted by Gasteiger charge is 2.14. The minimum Gasteiger partial charge on any atom is -0.478 e. The molecule has 0 bridgehead atoms. The molecule has 5 nitrogen and oxygen atoms in total. The van der Waals surface area contributed by atoms with Crippen LogP contribution in [0.25, 0.3) is 0 Å². The number of aromatic carboxylic acids is 2. The Morgan fingerprint density at radius 3 is 1.40 bits per heavy atom. The van der Waals surface area contributed by atoms with E-state index in [2.05, 4.69) is 0 Å². The number of carboxylic acid groups (broad SMARTS) is 2. The molecule has 0 heterocycles. The Morgan fingerprint density at radius 1 is 0.933 bits per heavy atom. The number of carbonyl (C=O) groups is 2. The molecular weight excluding hydrogens is 198 g/mol. The second-order valence-electron chi connectivity index (χ2n) is 3.02. The number of carboxylic acids is 2. The van der Waals surface area contributed by atoms with E-state index in [0.717, 1.165) is 0 Å². The van der Waals surface area contributed by atoms with E-state index in [4.69, 9.17) is 10.2 Å². The van der Waals surface area contributed by atoms with Crippen LogP contribution in [0.1, 0.15) is 31.8 Å². The average molecular weight is 211 g/mol. The number of rotatable bonds is 2. The highest BCUT2D eigenvalue weighted by atomic mass is 16.4. The average Bonchev–Trinajstić information content (AvgIpc) is 2.08. The van der Waals surface area contributed by atoms with E-state index in [1.54, 1.807) is 13.8 Å². The van der Waals surface area contributed by atoms with Crippen LogP contribution < -0.4 is 6.15 Å².